The van der Waals surface area contributed by atoms with Gasteiger partial charge in [-0.1, -0.05) is 73.5 Å². The van der Waals surface area contributed by atoms with Crippen molar-refractivity contribution in [1.29, 1.82) is 0 Å². The van der Waals surface area contributed by atoms with Crippen LogP contribution in [0.3, 0.4) is 0 Å². The minimum atomic E-state index is -0.826. The molecule has 4 heteroatoms. The number of aromatic carboxylic acids is 1. The molecular formula is C34H48O4. The molecule has 0 spiro atoms. The van der Waals surface area contributed by atoms with E-state index in [1.54, 1.807) is 24.3 Å². The minimum absolute atomic E-state index is 0.225. The topological polar surface area (TPSA) is 63.6 Å². The second-order valence-corrected chi connectivity index (χ2v) is 10.7. The lowest BCUT2D eigenvalue weighted by atomic mass is 9.94. The van der Waals surface area contributed by atoms with Crippen molar-refractivity contribution >= 4 is 11.9 Å². The van der Waals surface area contributed by atoms with Crippen LogP contribution in [0.5, 0.6) is 0 Å². The van der Waals surface area contributed by atoms with E-state index in [1.807, 2.05) is 30.3 Å². The predicted octanol–water partition coefficient (Wildman–Crippen LogP) is 9.32. The SMILES string of the molecule is CC(C)=CCCC(C)CCOC(=O)c1ccccc1.CC(C)=CCCC(C)CCc1ccccc1C(=O)O. The average Bonchev–Trinajstić information content (AvgIpc) is 2.88. The third-order valence-corrected chi connectivity index (χ3v) is 6.43. The number of benzene rings is 2. The third-order valence-electron chi connectivity index (χ3n) is 6.43. The van der Waals surface area contributed by atoms with Crippen LogP contribution in [0.25, 0.3) is 0 Å². The number of carbonyl (C=O) groups is 2. The fourth-order valence-electron chi connectivity index (χ4n) is 3.96. The summed E-state index contributed by atoms with van der Waals surface area (Å²) in [5.41, 5.74) is 4.74. The van der Waals surface area contributed by atoms with E-state index < -0.39 is 5.97 Å². The molecule has 0 aliphatic heterocycles. The van der Waals surface area contributed by atoms with Gasteiger partial charge in [0.05, 0.1) is 17.7 Å². The molecule has 1 N–H and O–H groups in total. The first-order valence-corrected chi connectivity index (χ1v) is 13.9. The maximum atomic E-state index is 11.7. The number of aryl methyl sites for hydroxylation is 1. The molecule has 0 saturated heterocycles. The van der Waals surface area contributed by atoms with Crippen molar-refractivity contribution in [2.45, 2.75) is 86.5 Å². The van der Waals surface area contributed by atoms with Gasteiger partial charge in [-0.25, -0.2) is 9.59 Å². The molecular weight excluding hydrogens is 472 g/mol. The Morgan fingerprint density at radius 2 is 1.29 bits per heavy atom. The van der Waals surface area contributed by atoms with Gasteiger partial charge >= 0.3 is 11.9 Å². The lowest BCUT2D eigenvalue weighted by Gasteiger charge is -2.11. The molecule has 0 saturated carbocycles. The van der Waals surface area contributed by atoms with Gasteiger partial charge in [0, 0.05) is 0 Å². The summed E-state index contributed by atoms with van der Waals surface area (Å²) in [6.45, 7) is 13.4. The van der Waals surface area contributed by atoms with Crippen LogP contribution in [-0.2, 0) is 11.2 Å². The first-order chi connectivity index (χ1) is 18.1. The minimum Gasteiger partial charge on any atom is -0.478 e. The van der Waals surface area contributed by atoms with Gasteiger partial charge in [-0.05, 0) is 108 Å². The highest BCUT2D eigenvalue weighted by Crippen LogP contribution is 2.18. The molecule has 2 aromatic carbocycles. The summed E-state index contributed by atoms with van der Waals surface area (Å²) in [4.78, 5) is 22.8. The van der Waals surface area contributed by atoms with Gasteiger partial charge in [0.25, 0.3) is 0 Å². The van der Waals surface area contributed by atoms with Gasteiger partial charge < -0.3 is 9.84 Å². The Morgan fingerprint density at radius 1 is 0.763 bits per heavy atom. The summed E-state index contributed by atoms with van der Waals surface area (Å²) >= 11 is 0. The molecule has 0 aromatic heterocycles. The number of carbonyl (C=O) groups excluding carboxylic acids is 1. The summed E-state index contributed by atoms with van der Waals surface area (Å²) in [6.07, 6.45) is 11.9. The molecule has 0 bridgehead atoms. The highest BCUT2D eigenvalue weighted by Gasteiger charge is 2.10. The Balaban J connectivity index is 0.000000380. The van der Waals surface area contributed by atoms with Gasteiger partial charge in [-0.2, -0.15) is 0 Å². The monoisotopic (exact) mass is 520 g/mol. The molecule has 2 aromatic rings. The molecule has 0 heterocycles. The molecule has 208 valence electrons. The van der Waals surface area contributed by atoms with E-state index in [0.717, 1.165) is 44.1 Å². The number of ether oxygens (including phenoxy) is 1. The molecule has 38 heavy (non-hydrogen) atoms. The van der Waals surface area contributed by atoms with Crippen molar-refractivity contribution in [1.82, 2.24) is 0 Å². The van der Waals surface area contributed by atoms with Crippen LogP contribution in [0.15, 0.2) is 77.9 Å². The van der Waals surface area contributed by atoms with E-state index in [0.29, 0.717) is 29.6 Å². The Kier molecular flexibility index (Phi) is 16.4. The van der Waals surface area contributed by atoms with E-state index in [-0.39, 0.29) is 5.97 Å². The Labute approximate surface area is 230 Å². The van der Waals surface area contributed by atoms with Crippen molar-refractivity contribution < 1.29 is 19.4 Å². The number of hydrogen-bond acceptors (Lipinski definition) is 3. The van der Waals surface area contributed by atoms with Crippen molar-refractivity contribution in [3.63, 3.8) is 0 Å². The zero-order chi connectivity index (χ0) is 28.3. The number of rotatable bonds is 14. The molecule has 2 rings (SSSR count). The number of carboxylic acids is 1. The van der Waals surface area contributed by atoms with Crippen molar-refractivity contribution in [3.8, 4) is 0 Å². The Morgan fingerprint density at radius 3 is 1.84 bits per heavy atom. The van der Waals surface area contributed by atoms with Crippen LogP contribution in [-0.4, -0.2) is 23.7 Å². The number of carboxylic acid groups (broad SMARTS) is 1. The highest BCUT2D eigenvalue weighted by molar-refractivity contribution is 5.89. The maximum absolute atomic E-state index is 11.7. The summed E-state index contributed by atoms with van der Waals surface area (Å²) in [6, 6.07) is 16.4. The summed E-state index contributed by atoms with van der Waals surface area (Å²) in [7, 11) is 0. The molecule has 0 radical (unpaired) electrons. The van der Waals surface area contributed by atoms with Crippen molar-refractivity contribution in [2.24, 2.45) is 11.8 Å². The number of esters is 1. The zero-order valence-corrected chi connectivity index (χ0v) is 24.3. The first kappa shape index (κ1) is 32.9. The molecule has 0 amide bonds. The highest BCUT2D eigenvalue weighted by atomic mass is 16.5. The quantitative estimate of drug-likeness (QED) is 0.199. The Bertz CT molecular complexity index is 1010. The zero-order valence-electron chi connectivity index (χ0n) is 24.3. The van der Waals surface area contributed by atoms with Gasteiger partial charge in [-0.3, -0.25) is 0 Å². The fraction of sp³-hybridized carbons (Fsp3) is 0.471. The van der Waals surface area contributed by atoms with Crippen LogP contribution in [0.2, 0.25) is 0 Å². The van der Waals surface area contributed by atoms with E-state index >= 15 is 0 Å². The second-order valence-electron chi connectivity index (χ2n) is 10.7. The second kappa shape index (κ2) is 19.0. The van der Waals surface area contributed by atoms with Crippen molar-refractivity contribution in [2.75, 3.05) is 6.61 Å². The smallest absolute Gasteiger partial charge is 0.338 e. The van der Waals surface area contributed by atoms with Gasteiger partial charge in [-0.15, -0.1) is 0 Å². The Hall–Kier alpha value is -3.14. The molecule has 0 aliphatic rings. The van der Waals surface area contributed by atoms with Crippen LogP contribution < -0.4 is 0 Å². The molecule has 2 atom stereocenters. The fourth-order valence-corrected chi connectivity index (χ4v) is 3.96. The average molecular weight is 521 g/mol. The maximum Gasteiger partial charge on any atom is 0.338 e. The lowest BCUT2D eigenvalue weighted by molar-refractivity contribution is 0.0483. The largest absolute Gasteiger partial charge is 0.478 e. The molecule has 0 fully saturated rings. The van der Waals surface area contributed by atoms with Gasteiger partial charge in [0.15, 0.2) is 0 Å². The summed E-state index contributed by atoms with van der Waals surface area (Å²) < 4.78 is 5.27. The van der Waals surface area contributed by atoms with Crippen molar-refractivity contribution in [3.05, 3.63) is 94.6 Å². The lowest BCUT2D eigenvalue weighted by Crippen LogP contribution is -2.08. The number of hydrogen-bond donors (Lipinski definition) is 1. The van der Waals surface area contributed by atoms with E-state index in [2.05, 4.69) is 53.7 Å². The van der Waals surface area contributed by atoms with E-state index in [1.165, 1.54) is 17.6 Å². The van der Waals surface area contributed by atoms with Crippen LogP contribution in [0.1, 0.15) is 106 Å². The van der Waals surface area contributed by atoms with Gasteiger partial charge in [0.1, 0.15) is 0 Å². The van der Waals surface area contributed by atoms with Gasteiger partial charge in [0.2, 0.25) is 0 Å². The van der Waals surface area contributed by atoms with E-state index in [9.17, 15) is 9.59 Å². The summed E-state index contributed by atoms with van der Waals surface area (Å²) in [5.74, 6) is 0.154. The van der Waals surface area contributed by atoms with E-state index in [4.69, 9.17) is 9.84 Å². The molecule has 4 nitrogen and oxygen atoms in total. The normalized spacial score (nSPS) is 11.8. The first-order valence-electron chi connectivity index (χ1n) is 13.9. The summed E-state index contributed by atoms with van der Waals surface area (Å²) in [5, 5.41) is 9.13. The van der Waals surface area contributed by atoms with Crippen LogP contribution >= 0.6 is 0 Å². The van der Waals surface area contributed by atoms with Crippen LogP contribution in [0, 0.1) is 11.8 Å². The standard InChI is InChI=1S/2C17H24O2/c1-13(2)7-6-8-14(3)11-12-15-9-4-5-10-16(15)17(18)19;1-14(2)8-7-9-15(3)12-13-19-17(18)16-10-5-4-6-11-16/h4-5,7,9-10,14H,6,8,11-12H2,1-3H3,(H,18,19);4-6,8,10-11,15H,7,9,12-13H2,1-3H3. The predicted molar refractivity (Wildman–Crippen MR) is 159 cm³/mol. The van der Waals surface area contributed by atoms with Crippen LogP contribution in [0.4, 0.5) is 0 Å². The molecule has 2 unspecified atom stereocenters. The third kappa shape index (κ3) is 15.2. The number of allylic oxidation sites excluding steroid dienone is 4. The molecule has 0 aliphatic carbocycles.